The lowest BCUT2D eigenvalue weighted by Crippen LogP contribution is -2.40. The first-order chi connectivity index (χ1) is 15.9. The molecule has 2 bridgehead atoms. The number of allylic oxidation sites excluding steroid dienone is 2. The molecule has 2 amide bonds. The highest BCUT2D eigenvalue weighted by Gasteiger charge is 2.67. The summed E-state index contributed by atoms with van der Waals surface area (Å²) < 4.78 is 8.52. The molecule has 1 heterocycles. The van der Waals surface area contributed by atoms with E-state index in [2.05, 4.69) is 65.0 Å². The molecule has 0 unspecified atom stereocenters. The van der Waals surface area contributed by atoms with Gasteiger partial charge >= 0.3 is 0 Å². The van der Waals surface area contributed by atoms with Gasteiger partial charge in [-0.05, 0) is 97.3 Å². The summed E-state index contributed by atoms with van der Waals surface area (Å²) in [5.74, 6) is 1.47. The third-order valence-electron chi connectivity index (χ3n) is 7.28. The Labute approximate surface area is 216 Å². The molecule has 33 heavy (non-hydrogen) atoms. The lowest BCUT2D eigenvalue weighted by atomic mass is 9.63. The van der Waals surface area contributed by atoms with Gasteiger partial charge < -0.3 is 4.74 Å². The molecule has 2 aromatic rings. The third-order valence-corrected chi connectivity index (χ3v) is 8.99. The Morgan fingerprint density at radius 2 is 1.52 bits per heavy atom. The largest absolute Gasteiger partial charge is 0.487 e. The van der Waals surface area contributed by atoms with Crippen LogP contribution in [0.3, 0.4) is 0 Å². The van der Waals surface area contributed by atoms with E-state index in [9.17, 15) is 9.59 Å². The van der Waals surface area contributed by atoms with E-state index in [4.69, 9.17) is 4.74 Å². The van der Waals surface area contributed by atoms with Crippen LogP contribution in [0.15, 0.2) is 67.1 Å². The number of ether oxygens (including phenoxy) is 1. The Morgan fingerprint density at radius 3 is 2.09 bits per heavy atom. The minimum atomic E-state index is -0.235. The SMILES string of the molecule is O=C1[C@@H]2[C@H]3C=C[C@@H]([C@@H]4C[C@H]34)[C@H]2C(=O)N1/N=C\c1cc(Br)c(OCc2ccc(Br)cc2)c(Br)c1. The van der Waals surface area contributed by atoms with Crippen LogP contribution < -0.4 is 4.74 Å². The lowest BCUT2D eigenvalue weighted by molar-refractivity contribution is -0.140. The van der Waals surface area contributed by atoms with Gasteiger partial charge in [-0.15, -0.1) is 0 Å². The minimum Gasteiger partial charge on any atom is -0.487 e. The first kappa shape index (κ1) is 21.7. The number of benzene rings is 2. The molecule has 1 aliphatic heterocycles. The molecule has 5 nitrogen and oxygen atoms in total. The van der Waals surface area contributed by atoms with Crippen LogP contribution in [0.25, 0.3) is 0 Å². The zero-order chi connectivity index (χ0) is 22.9. The molecule has 0 radical (unpaired) electrons. The number of carbonyl (C=O) groups excluding carboxylic acids is 2. The molecule has 2 aromatic carbocycles. The molecular formula is C25H19Br3N2O3. The van der Waals surface area contributed by atoms with Crippen molar-refractivity contribution in [1.82, 2.24) is 5.01 Å². The second-order valence-electron chi connectivity index (χ2n) is 9.12. The number of carbonyl (C=O) groups is 2. The number of hydrogen-bond acceptors (Lipinski definition) is 4. The van der Waals surface area contributed by atoms with Crippen LogP contribution in [0.1, 0.15) is 17.5 Å². The number of nitrogens with zero attached hydrogens (tertiary/aromatic N) is 2. The molecule has 0 spiro atoms. The summed E-state index contributed by atoms with van der Waals surface area (Å²) in [7, 11) is 0. The van der Waals surface area contributed by atoms with Crippen molar-refractivity contribution in [3.63, 3.8) is 0 Å². The number of hydrogen-bond donors (Lipinski definition) is 0. The Hall–Kier alpha value is -1.77. The average Bonchev–Trinajstić information content (AvgIpc) is 3.57. The summed E-state index contributed by atoms with van der Waals surface area (Å²) in [5.41, 5.74) is 1.81. The fourth-order valence-electron chi connectivity index (χ4n) is 5.71. The Kier molecular flexibility index (Phi) is 5.38. The first-order valence-electron chi connectivity index (χ1n) is 10.9. The summed E-state index contributed by atoms with van der Waals surface area (Å²) in [6.45, 7) is 0.426. The van der Waals surface area contributed by atoms with Crippen LogP contribution in [-0.2, 0) is 16.2 Å². The minimum absolute atomic E-state index is 0.154. The van der Waals surface area contributed by atoms with Crippen molar-refractivity contribution in [3.05, 3.63) is 73.1 Å². The van der Waals surface area contributed by atoms with E-state index in [1.807, 2.05) is 36.4 Å². The predicted molar refractivity (Wildman–Crippen MR) is 134 cm³/mol. The summed E-state index contributed by atoms with van der Waals surface area (Å²) >= 11 is 10.6. The van der Waals surface area contributed by atoms with Crippen LogP contribution in [0.4, 0.5) is 0 Å². The molecule has 5 aliphatic rings. The predicted octanol–water partition coefficient (Wildman–Crippen LogP) is 5.94. The van der Waals surface area contributed by atoms with Crippen molar-refractivity contribution >= 4 is 65.8 Å². The molecule has 0 aromatic heterocycles. The zero-order valence-corrected chi connectivity index (χ0v) is 22.1. The third kappa shape index (κ3) is 3.65. The summed E-state index contributed by atoms with van der Waals surface area (Å²) in [5, 5.41) is 5.43. The van der Waals surface area contributed by atoms with Gasteiger partial charge in [0.1, 0.15) is 12.4 Å². The smallest absolute Gasteiger partial charge is 0.254 e. The van der Waals surface area contributed by atoms with E-state index in [0.29, 0.717) is 24.2 Å². The zero-order valence-electron chi connectivity index (χ0n) is 17.3. The van der Waals surface area contributed by atoms with Gasteiger partial charge in [0.25, 0.3) is 11.8 Å². The molecule has 6 atom stereocenters. The van der Waals surface area contributed by atoms with E-state index in [1.54, 1.807) is 6.21 Å². The van der Waals surface area contributed by atoms with Crippen molar-refractivity contribution in [2.75, 3.05) is 0 Å². The first-order valence-corrected chi connectivity index (χ1v) is 13.3. The fourth-order valence-corrected chi connectivity index (χ4v) is 7.42. The Balaban J connectivity index is 1.18. The second-order valence-corrected chi connectivity index (χ2v) is 11.7. The van der Waals surface area contributed by atoms with Gasteiger partial charge in [0.15, 0.2) is 0 Å². The molecule has 168 valence electrons. The van der Waals surface area contributed by atoms with Crippen molar-refractivity contribution in [2.45, 2.75) is 13.0 Å². The van der Waals surface area contributed by atoms with Gasteiger partial charge in [0.2, 0.25) is 0 Å². The molecule has 3 fully saturated rings. The van der Waals surface area contributed by atoms with Crippen LogP contribution in [-0.4, -0.2) is 23.0 Å². The van der Waals surface area contributed by atoms with Gasteiger partial charge in [-0.25, -0.2) is 0 Å². The number of hydrazone groups is 1. The number of halogens is 3. The summed E-state index contributed by atoms with van der Waals surface area (Å²) in [6.07, 6.45) is 7.05. The van der Waals surface area contributed by atoms with Gasteiger partial charge in [-0.3, -0.25) is 9.59 Å². The topological polar surface area (TPSA) is 59.0 Å². The number of amides is 2. The summed E-state index contributed by atoms with van der Waals surface area (Å²) in [6, 6.07) is 11.7. The maximum absolute atomic E-state index is 13.1. The fraction of sp³-hybridized carbons (Fsp3) is 0.320. The van der Waals surface area contributed by atoms with Gasteiger partial charge in [-0.2, -0.15) is 10.1 Å². The van der Waals surface area contributed by atoms with Crippen molar-refractivity contribution in [2.24, 2.45) is 40.6 Å². The maximum atomic E-state index is 13.1. The highest BCUT2D eigenvalue weighted by molar-refractivity contribution is 9.11. The van der Waals surface area contributed by atoms with E-state index in [0.717, 1.165) is 36.0 Å². The molecule has 8 heteroatoms. The van der Waals surface area contributed by atoms with Gasteiger partial charge in [-0.1, -0.05) is 40.2 Å². The maximum Gasteiger partial charge on any atom is 0.254 e. The van der Waals surface area contributed by atoms with Crippen molar-refractivity contribution in [3.8, 4) is 5.75 Å². The monoisotopic (exact) mass is 632 g/mol. The van der Waals surface area contributed by atoms with E-state index >= 15 is 0 Å². The molecule has 4 aliphatic carbocycles. The molecular weight excluding hydrogens is 616 g/mol. The van der Waals surface area contributed by atoms with E-state index in [-0.39, 0.29) is 35.5 Å². The van der Waals surface area contributed by atoms with Crippen molar-refractivity contribution < 1.29 is 14.3 Å². The van der Waals surface area contributed by atoms with E-state index in [1.165, 1.54) is 0 Å². The standard InChI is InChI=1S/C25H19Br3N2O3/c26-14-3-1-12(2-4-14)11-33-23-19(27)7-13(8-20(23)28)10-29-30-24(31)21-15-5-6-16(18-9-17(15)18)22(21)25(30)32/h1-8,10,15-18,21-22H,9,11H2/b29-10-/t15-,16-,17-,18+,21+,22+/m0/s1. The van der Waals surface area contributed by atoms with Gasteiger partial charge in [0, 0.05) is 4.47 Å². The van der Waals surface area contributed by atoms with Gasteiger partial charge in [0.05, 0.1) is 27.0 Å². The quantitative estimate of drug-likeness (QED) is 0.232. The van der Waals surface area contributed by atoms with Crippen LogP contribution >= 0.6 is 47.8 Å². The summed E-state index contributed by atoms with van der Waals surface area (Å²) in [4.78, 5) is 26.1. The normalized spacial score (nSPS) is 31.3. The Morgan fingerprint density at radius 1 is 0.939 bits per heavy atom. The highest BCUT2D eigenvalue weighted by Crippen LogP contribution is 2.65. The van der Waals surface area contributed by atoms with Crippen LogP contribution in [0.5, 0.6) is 5.75 Å². The molecule has 0 N–H and O–H groups in total. The van der Waals surface area contributed by atoms with E-state index < -0.39 is 0 Å². The van der Waals surface area contributed by atoms with Crippen LogP contribution in [0, 0.1) is 35.5 Å². The van der Waals surface area contributed by atoms with Crippen LogP contribution in [0.2, 0.25) is 0 Å². The number of imide groups is 1. The average molecular weight is 635 g/mol. The lowest BCUT2D eigenvalue weighted by Gasteiger charge is -2.37. The van der Waals surface area contributed by atoms with Crippen molar-refractivity contribution in [1.29, 1.82) is 0 Å². The molecule has 2 saturated carbocycles. The molecule has 1 saturated heterocycles. The Bertz CT molecular complexity index is 1170. The molecule has 7 rings (SSSR count). The highest BCUT2D eigenvalue weighted by atomic mass is 79.9. The second kappa shape index (κ2) is 8.17. The number of rotatable bonds is 5.